The minimum atomic E-state index is -0.661. The Morgan fingerprint density at radius 2 is 1.24 bits per heavy atom. The van der Waals surface area contributed by atoms with Crippen LogP contribution in [0.2, 0.25) is 0 Å². The molecule has 2 aromatic carbocycles. The maximum atomic E-state index is 12.2. The van der Waals surface area contributed by atoms with Crippen LogP contribution in [0, 0.1) is 5.92 Å². The second-order valence-corrected chi connectivity index (χ2v) is 5.86. The molecule has 1 aliphatic carbocycles. The SMILES string of the molecule is NC(=O)Nc1ccc(C(=O)Nc2ccc(NC(=O)C3CC3)cc2)cc1. The molecule has 0 bridgehead atoms. The topological polar surface area (TPSA) is 113 Å². The molecule has 0 spiro atoms. The molecule has 2 aromatic rings. The second-order valence-electron chi connectivity index (χ2n) is 5.86. The molecule has 0 aliphatic heterocycles. The van der Waals surface area contributed by atoms with Crippen LogP contribution in [0.15, 0.2) is 48.5 Å². The highest BCUT2D eigenvalue weighted by atomic mass is 16.2. The van der Waals surface area contributed by atoms with Crippen molar-refractivity contribution < 1.29 is 14.4 Å². The molecule has 25 heavy (non-hydrogen) atoms. The molecular formula is C18H18N4O3. The van der Waals surface area contributed by atoms with Crippen LogP contribution in [0.5, 0.6) is 0 Å². The number of amides is 4. The lowest BCUT2D eigenvalue weighted by molar-refractivity contribution is -0.117. The van der Waals surface area contributed by atoms with Gasteiger partial charge in [0.15, 0.2) is 0 Å². The van der Waals surface area contributed by atoms with Gasteiger partial charge in [0.25, 0.3) is 5.91 Å². The highest BCUT2D eigenvalue weighted by Crippen LogP contribution is 2.30. The number of hydrogen-bond acceptors (Lipinski definition) is 3. The van der Waals surface area contributed by atoms with Crippen LogP contribution in [0.3, 0.4) is 0 Å². The summed E-state index contributed by atoms with van der Waals surface area (Å²) in [6, 6.07) is 12.6. The average molecular weight is 338 g/mol. The predicted molar refractivity (Wildman–Crippen MR) is 95.4 cm³/mol. The quantitative estimate of drug-likeness (QED) is 0.672. The molecule has 0 saturated heterocycles. The molecule has 1 saturated carbocycles. The number of carbonyl (C=O) groups excluding carboxylic acids is 3. The standard InChI is InChI=1S/C18H18N4O3/c19-18(25)22-15-5-3-12(4-6-15)17(24)21-14-9-7-13(8-10-14)20-16(23)11-1-2-11/h3-11H,1-2H2,(H,20,23)(H,21,24)(H3,19,22,25). The smallest absolute Gasteiger partial charge is 0.316 e. The van der Waals surface area contributed by atoms with Crippen LogP contribution in [-0.4, -0.2) is 17.8 Å². The van der Waals surface area contributed by atoms with Crippen molar-refractivity contribution in [1.82, 2.24) is 0 Å². The van der Waals surface area contributed by atoms with Crippen molar-refractivity contribution >= 4 is 34.9 Å². The van der Waals surface area contributed by atoms with Gasteiger partial charge in [-0.05, 0) is 61.4 Å². The Hall–Kier alpha value is -3.35. The number of rotatable bonds is 5. The molecule has 3 rings (SSSR count). The van der Waals surface area contributed by atoms with Gasteiger partial charge >= 0.3 is 6.03 Å². The van der Waals surface area contributed by atoms with E-state index in [1.807, 2.05) is 0 Å². The lowest BCUT2D eigenvalue weighted by atomic mass is 10.2. The number of benzene rings is 2. The summed E-state index contributed by atoms with van der Waals surface area (Å²) in [7, 11) is 0. The summed E-state index contributed by atoms with van der Waals surface area (Å²) < 4.78 is 0. The zero-order valence-electron chi connectivity index (χ0n) is 13.4. The Labute approximate surface area is 144 Å². The molecule has 1 fully saturated rings. The van der Waals surface area contributed by atoms with Crippen molar-refractivity contribution in [2.75, 3.05) is 16.0 Å². The summed E-state index contributed by atoms with van der Waals surface area (Å²) in [5.41, 5.74) is 7.31. The monoisotopic (exact) mass is 338 g/mol. The van der Waals surface area contributed by atoms with Crippen molar-refractivity contribution in [1.29, 1.82) is 0 Å². The highest BCUT2D eigenvalue weighted by Gasteiger charge is 2.29. The molecule has 0 atom stereocenters. The average Bonchev–Trinajstić information content (AvgIpc) is 3.42. The molecular weight excluding hydrogens is 320 g/mol. The number of primary amides is 1. The normalized spacial score (nSPS) is 13.0. The molecule has 128 valence electrons. The third-order valence-corrected chi connectivity index (χ3v) is 3.77. The van der Waals surface area contributed by atoms with Crippen LogP contribution in [-0.2, 0) is 4.79 Å². The summed E-state index contributed by atoms with van der Waals surface area (Å²) in [6.07, 6.45) is 1.90. The second kappa shape index (κ2) is 7.04. The molecule has 7 heteroatoms. The van der Waals surface area contributed by atoms with E-state index in [2.05, 4.69) is 16.0 Å². The first-order chi connectivity index (χ1) is 12.0. The van der Waals surface area contributed by atoms with Crippen LogP contribution in [0.25, 0.3) is 0 Å². The number of hydrogen-bond donors (Lipinski definition) is 4. The minimum Gasteiger partial charge on any atom is -0.351 e. The summed E-state index contributed by atoms with van der Waals surface area (Å²) in [5, 5.41) is 8.04. The van der Waals surface area contributed by atoms with E-state index in [1.165, 1.54) is 0 Å². The summed E-state index contributed by atoms with van der Waals surface area (Å²) >= 11 is 0. The van der Waals surface area contributed by atoms with Crippen LogP contribution in [0.1, 0.15) is 23.2 Å². The predicted octanol–water partition coefficient (Wildman–Crippen LogP) is 2.78. The van der Waals surface area contributed by atoms with Crippen LogP contribution < -0.4 is 21.7 Å². The van der Waals surface area contributed by atoms with Gasteiger partial charge < -0.3 is 21.7 Å². The zero-order valence-corrected chi connectivity index (χ0v) is 13.4. The Bertz CT molecular complexity index is 796. The van der Waals surface area contributed by atoms with Gasteiger partial charge in [-0.15, -0.1) is 0 Å². The fraction of sp³-hybridized carbons (Fsp3) is 0.167. The molecule has 4 amide bonds. The van der Waals surface area contributed by atoms with Crippen molar-refractivity contribution in [3.63, 3.8) is 0 Å². The van der Waals surface area contributed by atoms with E-state index in [4.69, 9.17) is 5.73 Å². The van der Waals surface area contributed by atoms with Gasteiger partial charge in [0, 0.05) is 28.5 Å². The first-order valence-electron chi connectivity index (χ1n) is 7.90. The highest BCUT2D eigenvalue weighted by molar-refractivity contribution is 6.04. The van der Waals surface area contributed by atoms with E-state index in [9.17, 15) is 14.4 Å². The van der Waals surface area contributed by atoms with Gasteiger partial charge in [-0.25, -0.2) is 4.79 Å². The van der Waals surface area contributed by atoms with Gasteiger partial charge in [-0.2, -0.15) is 0 Å². The van der Waals surface area contributed by atoms with E-state index < -0.39 is 6.03 Å². The lowest BCUT2D eigenvalue weighted by Gasteiger charge is -2.08. The van der Waals surface area contributed by atoms with E-state index in [-0.39, 0.29) is 17.7 Å². The third-order valence-electron chi connectivity index (χ3n) is 3.77. The zero-order chi connectivity index (χ0) is 17.8. The Balaban J connectivity index is 1.58. The molecule has 5 N–H and O–H groups in total. The molecule has 1 aliphatic rings. The number of nitrogens with one attached hydrogen (secondary N) is 3. The van der Waals surface area contributed by atoms with Crippen LogP contribution >= 0.6 is 0 Å². The van der Waals surface area contributed by atoms with Crippen molar-refractivity contribution in [3.05, 3.63) is 54.1 Å². The maximum Gasteiger partial charge on any atom is 0.316 e. The summed E-state index contributed by atoms with van der Waals surface area (Å²) in [6.45, 7) is 0. The van der Waals surface area contributed by atoms with E-state index in [0.29, 0.717) is 22.6 Å². The van der Waals surface area contributed by atoms with E-state index in [0.717, 1.165) is 12.8 Å². The summed E-state index contributed by atoms with van der Waals surface area (Å²) in [5.74, 6) is -0.0896. The number of carbonyl (C=O) groups is 3. The lowest BCUT2D eigenvalue weighted by Crippen LogP contribution is -2.19. The Kier molecular flexibility index (Phi) is 4.65. The molecule has 0 aromatic heterocycles. The Morgan fingerprint density at radius 1 is 0.760 bits per heavy atom. The van der Waals surface area contributed by atoms with Gasteiger partial charge in [0.05, 0.1) is 0 Å². The number of anilines is 3. The van der Waals surface area contributed by atoms with Gasteiger partial charge in [0.2, 0.25) is 5.91 Å². The molecule has 7 nitrogen and oxygen atoms in total. The van der Waals surface area contributed by atoms with Crippen LogP contribution in [0.4, 0.5) is 21.9 Å². The van der Waals surface area contributed by atoms with Gasteiger partial charge in [0.1, 0.15) is 0 Å². The fourth-order valence-corrected chi connectivity index (χ4v) is 2.28. The molecule has 0 unspecified atom stereocenters. The minimum absolute atomic E-state index is 0.0430. The van der Waals surface area contributed by atoms with Gasteiger partial charge in [-0.1, -0.05) is 0 Å². The van der Waals surface area contributed by atoms with Crippen molar-refractivity contribution in [2.45, 2.75) is 12.8 Å². The summed E-state index contributed by atoms with van der Waals surface area (Å²) in [4.78, 5) is 34.7. The third kappa shape index (κ3) is 4.57. The number of urea groups is 1. The largest absolute Gasteiger partial charge is 0.351 e. The fourth-order valence-electron chi connectivity index (χ4n) is 2.28. The van der Waals surface area contributed by atoms with E-state index >= 15 is 0 Å². The first kappa shape index (κ1) is 16.5. The maximum absolute atomic E-state index is 12.2. The molecule has 0 radical (unpaired) electrons. The van der Waals surface area contributed by atoms with Gasteiger partial charge in [-0.3, -0.25) is 9.59 Å². The Morgan fingerprint density at radius 3 is 1.76 bits per heavy atom. The van der Waals surface area contributed by atoms with Crippen molar-refractivity contribution in [3.8, 4) is 0 Å². The number of nitrogens with two attached hydrogens (primary N) is 1. The molecule has 0 heterocycles. The van der Waals surface area contributed by atoms with Crippen molar-refractivity contribution in [2.24, 2.45) is 11.7 Å². The van der Waals surface area contributed by atoms with E-state index in [1.54, 1.807) is 48.5 Å². The first-order valence-corrected chi connectivity index (χ1v) is 7.90.